The van der Waals surface area contributed by atoms with E-state index in [0.717, 1.165) is 36.6 Å². The molecule has 1 aromatic rings. The van der Waals surface area contributed by atoms with E-state index in [0.29, 0.717) is 11.6 Å². The molecule has 0 spiro atoms. The van der Waals surface area contributed by atoms with E-state index in [1.807, 2.05) is 11.8 Å². The van der Waals surface area contributed by atoms with Crippen molar-refractivity contribution in [2.24, 2.45) is 5.92 Å². The first kappa shape index (κ1) is 13.4. The summed E-state index contributed by atoms with van der Waals surface area (Å²) >= 11 is 1.91. The molecule has 0 amide bonds. The summed E-state index contributed by atoms with van der Waals surface area (Å²) in [4.78, 5) is 0. The van der Waals surface area contributed by atoms with Gasteiger partial charge in [0.05, 0.1) is 16.9 Å². The largest absolute Gasteiger partial charge is 0.416 e. The molecular weight excluding hydrogens is 261 g/mol. The van der Waals surface area contributed by atoms with Gasteiger partial charge in [0.2, 0.25) is 0 Å². The predicted molar refractivity (Wildman–Crippen MR) is 69.8 cm³/mol. The molecule has 2 rings (SSSR count). The van der Waals surface area contributed by atoms with Gasteiger partial charge in [0.15, 0.2) is 0 Å². The molecule has 1 heterocycles. The van der Waals surface area contributed by atoms with Crippen LogP contribution in [0.2, 0.25) is 0 Å². The van der Waals surface area contributed by atoms with Crippen LogP contribution in [0.25, 0.3) is 0 Å². The fourth-order valence-electron chi connectivity index (χ4n) is 1.90. The van der Waals surface area contributed by atoms with Crippen molar-refractivity contribution in [3.63, 3.8) is 0 Å². The van der Waals surface area contributed by atoms with E-state index in [4.69, 9.17) is 5.73 Å². The molecule has 0 bridgehead atoms. The van der Waals surface area contributed by atoms with Crippen LogP contribution in [-0.2, 0) is 6.18 Å². The van der Waals surface area contributed by atoms with Gasteiger partial charge in [-0.15, -0.1) is 0 Å². The first-order valence-corrected chi connectivity index (χ1v) is 6.90. The van der Waals surface area contributed by atoms with Crippen LogP contribution in [0.4, 0.5) is 24.5 Å². The molecule has 1 aliphatic rings. The number of halogens is 3. The number of nitrogens with two attached hydrogens (primary N) is 1. The van der Waals surface area contributed by atoms with E-state index in [1.165, 1.54) is 6.07 Å². The second kappa shape index (κ2) is 5.30. The lowest BCUT2D eigenvalue weighted by Gasteiger charge is -2.15. The molecule has 3 N–H and O–H groups in total. The number of nitrogens with one attached hydrogen (secondary N) is 1. The zero-order valence-corrected chi connectivity index (χ0v) is 10.6. The minimum absolute atomic E-state index is 0.149. The Bertz CT molecular complexity index is 414. The normalized spacial score (nSPS) is 20.1. The van der Waals surface area contributed by atoms with Gasteiger partial charge in [-0.05, 0) is 42.0 Å². The number of thioether (sulfide) groups is 1. The lowest BCUT2D eigenvalue weighted by atomic mass is 10.1. The third-order valence-corrected chi connectivity index (χ3v) is 4.22. The van der Waals surface area contributed by atoms with Crippen molar-refractivity contribution in [2.75, 3.05) is 29.1 Å². The zero-order valence-electron chi connectivity index (χ0n) is 9.76. The molecule has 1 aliphatic heterocycles. The lowest BCUT2D eigenvalue weighted by molar-refractivity contribution is -0.137. The molecule has 0 aliphatic carbocycles. The molecule has 2 nitrogen and oxygen atoms in total. The van der Waals surface area contributed by atoms with Gasteiger partial charge in [-0.1, -0.05) is 0 Å². The highest BCUT2D eigenvalue weighted by molar-refractivity contribution is 7.99. The number of nitrogen functional groups attached to an aromatic ring is 1. The van der Waals surface area contributed by atoms with Crippen molar-refractivity contribution in [2.45, 2.75) is 12.6 Å². The first-order chi connectivity index (χ1) is 8.47. The van der Waals surface area contributed by atoms with Crippen molar-refractivity contribution < 1.29 is 13.2 Å². The van der Waals surface area contributed by atoms with Gasteiger partial charge in [0.25, 0.3) is 0 Å². The number of anilines is 2. The fourth-order valence-corrected chi connectivity index (χ4v) is 3.18. The summed E-state index contributed by atoms with van der Waals surface area (Å²) in [6.45, 7) is 0.766. The highest BCUT2D eigenvalue weighted by Gasteiger charge is 2.30. The highest BCUT2D eigenvalue weighted by atomic mass is 32.2. The minimum atomic E-state index is -4.34. The smallest absolute Gasteiger partial charge is 0.397 e. The number of alkyl halides is 3. The van der Waals surface area contributed by atoms with E-state index < -0.39 is 11.7 Å². The van der Waals surface area contributed by atoms with E-state index in [-0.39, 0.29) is 5.69 Å². The molecule has 1 unspecified atom stereocenters. The van der Waals surface area contributed by atoms with E-state index in [9.17, 15) is 13.2 Å². The van der Waals surface area contributed by atoms with Crippen LogP contribution < -0.4 is 11.1 Å². The van der Waals surface area contributed by atoms with Gasteiger partial charge in [-0.3, -0.25) is 0 Å². The van der Waals surface area contributed by atoms with Gasteiger partial charge in [-0.2, -0.15) is 24.9 Å². The second-order valence-corrected chi connectivity index (χ2v) is 5.56. The van der Waals surface area contributed by atoms with Gasteiger partial charge in [0, 0.05) is 6.54 Å². The molecule has 1 atom stereocenters. The van der Waals surface area contributed by atoms with Gasteiger partial charge < -0.3 is 11.1 Å². The van der Waals surface area contributed by atoms with Crippen LogP contribution in [0.3, 0.4) is 0 Å². The first-order valence-electron chi connectivity index (χ1n) is 5.75. The predicted octanol–water partition coefficient (Wildman–Crippen LogP) is 3.45. The van der Waals surface area contributed by atoms with Gasteiger partial charge in [0.1, 0.15) is 0 Å². The summed E-state index contributed by atoms with van der Waals surface area (Å²) in [5.74, 6) is 2.85. The van der Waals surface area contributed by atoms with Crippen LogP contribution in [0.15, 0.2) is 18.2 Å². The Kier molecular flexibility index (Phi) is 3.94. The van der Waals surface area contributed by atoms with Gasteiger partial charge in [-0.25, -0.2) is 0 Å². The number of hydrogen-bond donors (Lipinski definition) is 2. The van der Waals surface area contributed by atoms with Gasteiger partial charge >= 0.3 is 6.18 Å². The molecule has 1 saturated heterocycles. The Balaban J connectivity index is 2.01. The third-order valence-electron chi connectivity index (χ3n) is 2.98. The summed E-state index contributed by atoms with van der Waals surface area (Å²) in [6.07, 6.45) is -3.19. The second-order valence-electron chi connectivity index (χ2n) is 4.41. The average Bonchev–Trinajstić information content (AvgIpc) is 2.79. The van der Waals surface area contributed by atoms with Crippen molar-refractivity contribution in [3.05, 3.63) is 23.8 Å². The maximum absolute atomic E-state index is 12.5. The molecule has 6 heteroatoms. The number of rotatable bonds is 3. The molecule has 18 heavy (non-hydrogen) atoms. The Morgan fingerprint density at radius 1 is 1.39 bits per heavy atom. The third kappa shape index (κ3) is 3.25. The molecule has 100 valence electrons. The van der Waals surface area contributed by atoms with E-state index in [2.05, 4.69) is 5.32 Å². The summed E-state index contributed by atoms with van der Waals surface area (Å²) in [7, 11) is 0. The Hall–Kier alpha value is -1.04. The number of hydrogen-bond acceptors (Lipinski definition) is 3. The number of benzene rings is 1. The Labute approximate surface area is 108 Å². The summed E-state index contributed by atoms with van der Waals surface area (Å²) < 4.78 is 37.4. The Morgan fingerprint density at radius 3 is 2.72 bits per heavy atom. The van der Waals surface area contributed by atoms with E-state index >= 15 is 0 Å². The quantitative estimate of drug-likeness (QED) is 0.830. The molecule has 0 aromatic heterocycles. The minimum Gasteiger partial charge on any atom is -0.397 e. The average molecular weight is 276 g/mol. The zero-order chi connectivity index (χ0) is 13.2. The van der Waals surface area contributed by atoms with Crippen LogP contribution in [0, 0.1) is 5.92 Å². The van der Waals surface area contributed by atoms with Crippen molar-refractivity contribution in [1.29, 1.82) is 0 Å². The molecular formula is C12H15F3N2S. The fraction of sp³-hybridized carbons (Fsp3) is 0.500. The molecule has 1 aromatic carbocycles. The maximum atomic E-state index is 12.5. The van der Waals surface area contributed by atoms with Crippen LogP contribution in [0.1, 0.15) is 12.0 Å². The topological polar surface area (TPSA) is 38.0 Å². The van der Waals surface area contributed by atoms with E-state index in [1.54, 1.807) is 0 Å². The lowest BCUT2D eigenvalue weighted by Crippen LogP contribution is -2.15. The molecule has 1 fully saturated rings. The van der Waals surface area contributed by atoms with Crippen LogP contribution >= 0.6 is 11.8 Å². The van der Waals surface area contributed by atoms with Crippen molar-refractivity contribution >= 4 is 23.1 Å². The standard InChI is InChI=1S/C12H15F3N2S/c13-12(14,15)9-1-2-11(10(16)5-9)17-6-8-3-4-18-7-8/h1-2,5,8,17H,3-4,6-7,16H2. The van der Waals surface area contributed by atoms with Crippen LogP contribution in [0.5, 0.6) is 0 Å². The van der Waals surface area contributed by atoms with Crippen molar-refractivity contribution in [3.8, 4) is 0 Å². The monoisotopic (exact) mass is 276 g/mol. The SMILES string of the molecule is Nc1cc(C(F)(F)F)ccc1NCC1CCSC1. The summed E-state index contributed by atoms with van der Waals surface area (Å²) in [5, 5.41) is 3.13. The Morgan fingerprint density at radius 2 is 2.17 bits per heavy atom. The van der Waals surface area contributed by atoms with Crippen LogP contribution in [-0.4, -0.2) is 18.1 Å². The highest BCUT2D eigenvalue weighted by Crippen LogP contribution is 2.33. The van der Waals surface area contributed by atoms with Crippen molar-refractivity contribution in [1.82, 2.24) is 0 Å². The molecule has 0 radical (unpaired) electrons. The maximum Gasteiger partial charge on any atom is 0.416 e. The summed E-state index contributed by atoms with van der Waals surface area (Å²) in [5.41, 5.74) is 5.66. The summed E-state index contributed by atoms with van der Waals surface area (Å²) in [6, 6.07) is 3.44. The molecule has 0 saturated carbocycles.